The lowest BCUT2D eigenvalue weighted by Gasteiger charge is -2.25. The Balaban J connectivity index is 2.60. The second-order valence-corrected chi connectivity index (χ2v) is 3.73. The summed E-state index contributed by atoms with van der Waals surface area (Å²) in [5.74, 6) is 0.0122. The highest BCUT2D eigenvalue weighted by Gasteiger charge is 2.16. The molecule has 3 nitrogen and oxygen atoms in total. The number of ether oxygens (including phenoxy) is 1. The smallest absolute Gasteiger partial charge is 0.248 e. The van der Waals surface area contributed by atoms with E-state index in [1.807, 2.05) is 44.2 Å². The number of benzene rings is 1. The first-order valence-corrected chi connectivity index (χ1v) is 5.55. The van der Waals surface area contributed by atoms with Gasteiger partial charge in [0, 0.05) is 13.7 Å². The standard InChI is InChI=1S/C13H19NO2/c1-4-16-10-13(15)14(3)11(2)12-8-6-5-7-9-12/h5-9,11H,4,10H2,1-3H3. The average Bonchev–Trinajstić information content (AvgIpc) is 2.35. The molecule has 0 aliphatic rings. The molecule has 0 saturated carbocycles. The maximum absolute atomic E-state index is 11.7. The van der Waals surface area contributed by atoms with Gasteiger partial charge in [-0.1, -0.05) is 30.3 Å². The van der Waals surface area contributed by atoms with E-state index in [0.717, 1.165) is 5.56 Å². The average molecular weight is 221 g/mol. The first kappa shape index (κ1) is 12.7. The van der Waals surface area contributed by atoms with E-state index in [0.29, 0.717) is 6.61 Å². The van der Waals surface area contributed by atoms with Crippen molar-refractivity contribution in [3.63, 3.8) is 0 Å². The molecule has 0 bridgehead atoms. The van der Waals surface area contributed by atoms with Gasteiger partial charge in [-0.2, -0.15) is 0 Å². The van der Waals surface area contributed by atoms with Crippen LogP contribution in [0, 0.1) is 0 Å². The van der Waals surface area contributed by atoms with E-state index in [1.165, 1.54) is 0 Å². The summed E-state index contributed by atoms with van der Waals surface area (Å²) in [5, 5.41) is 0. The van der Waals surface area contributed by atoms with Gasteiger partial charge < -0.3 is 9.64 Å². The van der Waals surface area contributed by atoms with E-state index < -0.39 is 0 Å². The van der Waals surface area contributed by atoms with Gasteiger partial charge in [0.15, 0.2) is 0 Å². The Morgan fingerprint density at radius 1 is 1.38 bits per heavy atom. The summed E-state index contributed by atoms with van der Waals surface area (Å²) in [6.07, 6.45) is 0. The molecule has 0 aromatic heterocycles. The van der Waals surface area contributed by atoms with Crippen molar-refractivity contribution in [2.24, 2.45) is 0 Å². The van der Waals surface area contributed by atoms with Crippen molar-refractivity contribution in [3.8, 4) is 0 Å². The third-order valence-corrected chi connectivity index (χ3v) is 2.69. The van der Waals surface area contributed by atoms with Crippen LogP contribution in [-0.4, -0.2) is 31.1 Å². The molecule has 0 radical (unpaired) electrons. The van der Waals surface area contributed by atoms with Gasteiger partial charge in [-0.3, -0.25) is 4.79 Å². The van der Waals surface area contributed by atoms with Gasteiger partial charge in [0.1, 0.15) is 6.61 Å². The van der Waals surface area contributed by atoms with Crippen molar-refractivity contribution in [1.82, 2.24) is 4.90 Å². The van der Waals surface area contributed by atoms with Crippen LogP contribution in [0.25, 0.3) is 0 Å². The number of hydrogen-bond acceptors (Lipinski definition) is 2. The summed E-state index contributed by atoms with van der Waals surface area (Å²) in [5.41, 5.74) is 1.13. The number of carbonyl (C=O) groups is 1. The SMILES string of the molecule is CCOCC(=O)N(C)C(C)c1ccccc1. The lowest BCUT2D eigenvalue weighted by molar-refractivity contribution is -0.136. The molecule has 0 aliphatic carbocycles. The molecule has 0 N–H and O–H groups in total. The molecule has 1 aromatic rings. The van der Waals surface area contributed by atoms with Crippen LogP contribution in [0.3, 0.4) is 0 Å². The Kier molecular flexibility index (Phi) is 4.99. The van der Waals surface area contributed by atoms with Gasteiger partial charge in [-0.05, 0) is 19.4 Å². The summed E-state index contributed by atoms with van der Waals surface area (Å²) >= 11 is 0. The number of likely N-dealkylation sites (N-methyl/N-ethyl adjacent to an activating group) is 1. The minimum absolute atomic E-state index is 0.0122. The van der Waals surface area contributed by atoms with Crippen LogP contribution in [0.1, 0.15) is 25.5 Å². The van der Waals surface area contributed by atoms with E-state index in [9.17, 15) is 4.79 Å². The number of hydrogen-bond donors (Lipinski definition) is 0. The molecule has 16 heavy (non-hydrogen) atoms. The first-order chi connectivity index (χ1) is 7.66. The van der Waals surface area contributed by atoms with Gasteiger partial charge >= 0.3 is 0 Å². The van der Waals surface area contributed by atoms with E-state index in [2.05, 4.69) is 0 Å². The van der Waals surface area contributed by atoms with E-state index in [1.54, 1.807) is 11.9 Å². The number of rotatable bonds is 5. The van der Waals surface area contributed by atoms with Crippen molar-refractivity contribution in [2.45, 2.75) is 19.9 Å². The van der Waals surface area contributed by atoms with E-state index >= 15 is 0 Å². The van der Waals surface area contributed by atoms with Crippen molar-refractivity contribution in [1.29, 1.82) is 0 Å². The number of carbonyl (C=O) groups excluding carboxylic acids is 1. The molecule has 1 atom stereocenters. The molecular formula is C13H19NO2. The zero-order valence-electron chi connectivity index (χ0n) is 10.1. The van der Waals surface area contributed by atoms with Crippen LogP contribution in [0.15, 0.2) is 30.3 Å². The van der Waals surface area contributed by atoms with Crippen LogP contribution in [0.5, 0.6) is 0 Å². The number of amides is 1. The van der Waals surface area contributed by atoms with Gasteiger partial charge in [-0.25, -0.2) is 0 Å². The van der Waals surface area contributed by atoms with Gasteiger partial charge in [-0.15, -0.1) is 0 Å². The molecule has 1 unspecified atom stereocenters. The fourth-order valence-electron chi connectivity index (χ4n) is 1.46. The van der Waals surface area contributed by atoms with Crippen molar-refractivity contribution < 1.29 is 9.53 Å². The van der Waals surface area contributed by atoms with E-state index in [-0.39, 0.29) is 18.6 Å². The molecule has 88 valence electrons. The predicted octanol–water partition coefficient (Wildman–Crippen LogP) is 2.24. The minimum Gasteiger partial charge on any atom is -0.372 e. The van der Waals surface area contributed by atoms with Crippen LogP contribution in [0.2, 0.25) is 0 Å². The summed E-state index contributed by atoms with van der Waals surface area (Å²) in [4.78, 5) is 13.4. The third-order valence-electron chi connectivity index (χ3n) is 2.69. The van der Waals surface area contributed by atoms with Crippen LogP contribution in [-0.2, 0) is 9.53 Å². The Morgan fingerprint density at radius 2 is 2.00 bits per heavy atom. The normalized spacial score (nSPS) is 12.2. The fraction of sp³-hybridized carbons (Fsp3) is 0.462. The van der Waals surface area contributed by atoms with Gasteiger partial charge in [0.2, 0.25) is 5.91 Å². The summed E-state index contributed by atoms with van der Waals surface area (Å²) in [6, 6.07) is 10.1. The quantitative estimate of drug-likeness (QED) is 0.763. The third kappa shape index (κ3) is 3.35. The number of nitrogens with zero attached hydrogens (tertiary/aromatic N) is 1. The van der Waals surface area contributed by atoms with Gasteiger partial charge in [0.25, 0.3) is 0 Å². The summed E-state index contributed by atoms with van der Waals surface area (Å²) < 4.78 is 5.11. The molecule has 0 aliphatic heterocycles. The zero-order valence-corrected chi connectivity index (χ0v) is 10.1. The lowest BCUT2D eigenvalue weighted by atomic mass is 10.1. The first-order valence-electron chi connectivity index (χ1n) is 5.55. The molecule has 3 heteroatoms. The Hall–Kier alpha value is -1.35. The summed E-state index contributed by atoms with van der Waals surface area (Å²) in [6.45, 7) is 4.62. The second-order valence-electron chi connectivity index (χ2n) is 3.73. The molecule has 0 saturated heterocycles. The highest BCUT2D eigenvalue weighted by Crippen LogP contribution is 2.17. The Bertz CT molecular complexity index is 324. The molecule has 0 fully saturated rings. The lowest BCUT2D eigenvalue weighted by Crippen LogP contribution is -2.32. The highest BCUT2D eigenvalue weighted by atomic mass is 16.5. The molecule has 1 amide bonds. The topological polar surface area (TPSA) is 29.5 Å². The molecular weight excluding hydrogens is 202 g/mol. The van der Waals surface area contributed by atoms with E-state index in [4.69, 9.17) is 4.74 Å². The van der Waals surface area contributed by atoms with Crippen molar-refractivity contribution in [2.75, 3.05) is 20.3 Å². The van der Waals surface area contributed by atoms with Crippen molar-refractivity contribution in [3.05, 3.63) is 35.9 Å². The maximum atomic E-state index is 11.7. The molecule has 0 heterocycles. The van der Waals surface area contributed by atoms with Crippen LogP contribution >= 0.6 is 0 Å². The highest BCUT2D eigenvalue weighted by molar-refractivity contribution is 5.77. The Morgan fingerprint density at radius 3 is 2.56 bits per heavy atom. The largest absolute Gasteiger partial charge is 0.372 e. The van der Waals surface area contributed by atoms with Gasteiger partial charge in [0.05, 0.1) is 6.04 Å². The zero-order chi connectivity index (χ0) is 12.0. The summed E-state index contributed by atoms with van der Waals surface area (Å²) in [7, 11) is 1.80. The van der Waals surface area contributed by atoms with Crippen LogP contribution < -0.4 is 0 Å². The Labute approximate surface area is 97.0 Å². The second kappa shape index (κ2) is 6.28. The molecule has 0 spiro atoms. The molecule has 1 aromatic carbocycles. The monoisotopic (exact) mass is 221 g/mol. The molecule has 1 rings (SSSR count). The fourth-order valence-corrected chi connectivity index (χ4v) is 1.46. The van der Waals surface area contributed by atoms with Crippen LogP contribution in [0.4, 0.5) is 0 Å². The predicted molar refractivity (Wildman–Crippen MR) is 64.1 cm³/mol. The maximum Gasteiger partial charge on any atom is 0.248 e. The van der Waals surface area contributed by atoms with Crippen molar-refractivity contribution >= 4 is 5.91 Å². The minimum atomic E-state index is 0.0122.